The third-order valence-corrected chi connectivity index (χ3v) is 5.81. The zero-order chi connectivity index (χ0) is 21.3. The van der Waals surface area contributed by atoms with Crippen molar-refractivity contribution in [3.8, 4) is 10.7 Å². The van der Waals surface area contributed by atoms with Crippen molar-refractivity contribution in [2.24, 2.45) is 0 Å². The molecule has 0 radical (unpaired) electrons. The Kier molecular flexibility index (Phi) is 5.43. The molecule has 3 aromatic rings. The number of benzene rings is 1. The number of H-pyrrole nitrogens is 1. The van der Waals surface area contributed by atoms with E-state index in [2.05, 4.69) is 15.4 Å². The molecule has 0 saturated heterocycles. The quantitative estimate of drug-likeness (QED) is 0.433. The zero-order valence-electron chi connectivity index (χ0n) is 16.3. The number of nitrogens with zero attached hydrogens (tertiary/aromatic N) is 2. The fourth-order valence-electron chi connectivity index (χ4n) is 3.04. The lowest BCUT2D eigenvalue weighted by Crippen LogP contribution is -2.37. The van der Waals surface area contributed by atoms with Gasteiger partial charge in [-0.1, -0.05) is 48.6 Å². The summed E-state index contributed by atoms with van der Waals surface area (Å²) in [5.41, 5.74) is 5.89. The molecule has 1 aliphatic heterocycles. The van der Waals surface area contributed by atoms with Gasteiger partial charge in [-0.2, -0.15) is 5.01 Å². The number of amides is 2. The molecular weight excluding hydrogens is 416 g/mol. The number of rotatable bonds is 5. The van der Waals surface area contributed by atoms with Crippen LogP contribution in [0.3, 0.4) is 0 Å². The van der Waals surface area contributed by atoms with E-state index in [0.717, 1.165) is 21.0 Å². The van der Waals surface area contributed by atoms with E-state index in [4.69, 9.17) is 12.2 Å². The number of thiophene rings is 1. The largest absolute Gasteiger partial charge is 0.324 e. The van der Waals surface area contributed by atoms with Gasteiger partial charge in [0.15, 0.2) is 5.82 Å². The highest BCUT2D eigenvalue weighted by atomic mass is 32.1. The van der Waals surface area contributed by atoms with E-state index in [0.29, 0.717) is 27.4 Å². The molecule has 0 spiro atoms. The normalized spacial score (nSPS) is 14.3. The SMILES string of the molecule is CC1=CC(=O)N(Nc2[nH]c(-c3cccs3)nc(=S)c2/C=C(\C)c2ccccc2)C1=O. The van der Waals surface area contributed by atoms with Crippen molar-refractivity contribution in [3.05, 3.63) is 75.3 Å². The molecular formula is C22H18N4O2S2. The lowest BCUT2D eigenvalue weighted by Gasteiger charge is -2.19. The van der Waals surface area contributed by atoms with Crippen molar-refractivity contribution in [1.29, 1.82) is 0 Å². The molecule has 0 saturated carbocycles. The van der Waals surface area contributed by atoms with Crippen LogP contribution in [0.1, 0.15) is 25.0 Å². The standard InChI is InChI=1S/C22H18N4O2S2/c1-13(15-7-4-3-5-8-15)11-16-19(25-26-18(27)12-14(2)22(26)28)23-20(24-21(16)29)17-9-6-10-30-17/h3-12H,1-2H3,(H2,23,24,25,29)/b13-11+. The first-order valence-corrected chi connectivity index (χ1v) is 10.5. The third kappa shape index (κ3) is 3.87. The minimum atomic E-state index is -0.430. The van der Waals surface area contributed by atoms with Crippen LogP contribution in [-0.2, 0) is 9.59 Å². The summed E-state index contributed by atoms with van der Waals surface area (Å²) in [6.45, 7) is 3.58. The lowest BCUT2D eigenvalue weighted by atomic mass is 10.1. The van der Waals surface area contributed by atoms with Gasteiger partial charge in [-0.3, -0.25) is 15.0 Å². The van der Waals surface area contributed by atoms with E-state index < -0.39 is 11.8 Å². The van der Waals surface area contributed by atoms with Crippen LogP contribution >= 0.6 is 23.6 Å². The topological polar surface area (TPSA) is 78.1 Å². The van der Waals surface area contributed by atoms with Gasteiger partial charge in [-0.05, 0) is 42.5 Å². The van der Waals surface area contributed by atoms with Gasteiger partial charge in [0.05, 0.1) is 10.4 Å². The highest BCUT2D eigenvalue weighted by Crippen LogP contribution is 2.28. The summed E-state index contributed by atoms with van der Waals surface area (Å²) in [7, 11) is 0. The van der Waals surface area contributed by atoms with Gasteiger partial charge < -0.3 is 4.98 Å². The van der Waals surface area contributed by atoms with Crippen LogP contribution in [0.15, 0.2) is 59.5 Å². The van der Waals surface area contributed by atoms with Crippen LogP contribution in [0.5, 0.6) is 0 Å². The van der Waals surface area contributed by atoms with Crippen LogP contribution in [0.4, 0.5) is 5.82 Å². The highest BCUT2D eigenvalue weighted by Gasteiger charge is 2.29. The molecule has 0 aliphatic carbocycles. The average Bonchev–Trinajstić information content (AvgIpc) is 3.35. The molecule has 6 nitrogen and oxygen atoms in total. The van der Waals surface area contributed by atoms with Crippen molar-refractivity contribution in [2.45, 2.75) is 13.8 Å². The van der Waals surface area contributed by atoms with Gasteiger partial charge in [0.25, 0.3) is 11.8 Å². The Morgan fingerprint density at radius 1 is 1.20 bits per heavy atom. The van der Waals surface area contributed by atoms with Crippen molar-refractivity contribution < 1.29 is 9.59 Å². The Morgan fingerprint density at radius 2 is 1.97 bits per heavy atom. The van der Waals surface area contributed by atoms with E-state index in [-0.39, 0.29) is 0 Å². The highest BCUT2D eigenvalue weighted by molar-refractivity contribution is 7.71. The molecule has 4 rings (SSSR count). The maximum atomic E-state index is 12.4. The summed E-state index contributed by atoms with van der Waals surface area (Å²) < 4.78 is 0.360. The van der Waals surface area contributed by atoms with Crippen LogP contribution in [0.2, 0.25) is 0 Å². The summed E-state index contributed by atoms with van der Waals surface area (Å²) >= 11 is 7.09. The van der Waals surface area contributed by atoms with Crippen LogP contribution < -0.4 is 5.43 Å². The van der Waals surface area contributed by atoms with Crippen LogP contribution in [-0.4, -0.2) is 26.8 Å². The number of hydrogen-bond acceptors (Lipinski definition) is 6. The van der Waals surface area contributed by atoms with E-state index in [1.807, 2.05) is 60.8 Å². The van der Waals surface area contributed by atoms with E-state index >= 15 is 0 Å². The minimum Gasteiger partial charge on any atom is -0.324 e. The first-order valence-electron chi connectivity index (χ1n) is 9.19. The number of nitrogens with one attached hydrogen (secondary N) is 2. The molecule has 0 fully saturated rings. The summed E-state index contributed by atoms with van der Waals surface area (Å²) in [6.07, 6.45) is 3.20. The summed E-state index contributed by atoms with van der Waals surface area (Å²) in [5, 5.41) is 2.92. The predicted molar refractivity (Wildman–Crippen MR) is 122 cm³/mol. The number of allylic oxidation sites excluding steroid dienone is 1. The molecule has 2 N–H and O–H groups in total. The summed E-state index contributed by atoms with van der Waals surface area (Å²) in [6, 6.07) is 13.7. The summed E-state index contributed by atoms with van der Waals surface area (Å²) in [5.74, 6) is 0.166. The van der Waals surface area contributed by atoms with E-state index in [1.165, 1.54) is 17.4 Å². The maximum absolute atomic E-state index is 12.4. The minimum absolute atomic E-state index is 0.360. The second-order valence-corrected chi connectivity index (χ2v) is 8.10. The van der Waals surface area contributed by atoms with Gasteiger partial charge in [-0.15, -0.1) is 11.3 Å². The first-order chi connectivity index (χ1) is 14.4. The second-order valence-electron chi connectivity index (χ2n) is 6.77. The van der Waals surface area contributed by atoms with Crippen LogP contribution in [0, 0.1) is 4.64 Å². The fraction of sp³-hybridized carbons (Fsp3) is 0.0909. The Morgan fingerprint density at radius 3 is 2.60 bits per heavy atom. The van der Waals surface area contributed by atoms with Gasteiger partial charge in [0, 0.05) is 11.6 Å². The molecule has 8 heteroatoms. The lowest BCUT2D eigenvalue weighted by molar-refractivity contribution is -0.135. The molecule has 2 amide bonds. The maximum Gasteiger partial charge on any atom is 0.275 e. The van der Waals surface area contributed by atoms with E-state index in [1.54, 1.807) is 6.92 Å². The van der Waals surface area contributed by atoms with Gasteiger partial charge >= 0.3 is 0 Å². The molecule has 0 bridgehead atoms. The number of hydrogen-bond donors (Lipinski definition) is 2. The number of aromatic nitrogens is 2. The molecule has 2 aromatic heterocycles. The predicted octanol–water partition coefficient (Wildman–Crippen LogP) is 5.07. The second kappa shape index (κ2) is 8.17. The molecule has 0 unspecified atom stereocenters. The average molecular weight is 435 g/mol. The number of anilines is 1. The number of imide groups is 1. The van der Waals surface area contributed by atoms with Crippen molar-refractivity contribution in [2.75, 3.05) is 5.43 Å². The van der Waals surface area contributed by atoms with Gasteiger partial charge in [-0.25, -0.2) is 4.98 Å². The Balaban J connectivity index is 1.82. The molecule has 0 atom stereocenters. The molecule has 1 aliphatic rings. The molecule has 30 heavy (non-hydrogen) atoms. The number of hydrazine groups is 1. The van der Waals surface area contributed by atoms with Gasteiger partial charge in [0.1, 0.15) is 10.5 Å². The zero-order valence-corrected chi connectivity index (χ0v) is 17.9. The Hall–Kier alpha value is -3.36. The number of carbonyl (C=O) groups excluding carboxylic acids is 2. The van der Waals surface area contributed by atoms with Crippen LogP contribution in [0.25, 0.3) is 22.4 Å². The van der Waals surface area contributed by atoms with Crippen molar-refractivity contribution in [3.63, 3.8) is 0 Å². The van der Waals surface area contributed by atoms with E-state index in [9.17, 15) is 9.59 Å². The van der Waals surface area contributed by atoms with Crippen molar-refractivity contribution >= 4 is 52.8 Å². The molecule has 3 heterocycles. The Bertz CT molecular complexity index is 1240. The summed E-state index contributed by atoms with van der Waals surface area (Å²) in [4.78, 5) is 33.3. The molecule has 150 valence electrons. The monoisotopic (exact) mass is 434 g/mol. The number of aromatic amines is 1. The van der Waals surface area contributed by atoms with Crippen molar-refractivity contribution in [1.82, 2.24) is 15.0 Å². The smallest absolute Gasteiger partial charge is 0.275 e. The molecule has 1 aromatic carbocycles. The first kappa shape index (κ1) is 19.9. The Labute approximate surface area is 182 Å². The van der Waals surface area contributed by atoms with Gasteiger partial charge in [0.2, 0.25) is 0 Å². The number of carbonyl (C=O) groups is 2. The third-order valence-electron chi connectivity index (χ3n) is 4.63. The fourth-order valence-corrected chi connectivity index (χ4v) is 3.96.